The van der Waals surface area contributed by atoms with E-state index in [1.807, 2.05) is 30.3 Å². The first-order valence-electron chi connectivity index (χ1n) is 5.03. The lowest BCUT2D eigenvalue weighted by Crippen LogP contribution is -2.11. The zero-order valence-electron chi connectivity index (χ0n) is 9.40. The monoisotopic (exact) mass is 486 g/mol. The molecular formula is C12H12I2N2OS. The second-order valence-electron chi connectivity index (χ2n) is 3.52. The minimum atomic E-state index is -0.465. The van der Waals surface area contributed by atoms with E-state index in [2.05, 4.69) is 37.2 Å². The Morgan fingerprint density at radius 3 is 2.33 bits per heavy atom. The lowest BCUT2D eigenvalue weighted by Gasteiger charge is -1.96. The van der Waals surface area contributed by atoms with Crippen LogP contribution < -0.4 is 11.5 Å². The van der Waals surface area contributed by atoms with Crippen LogP contribution in [0.1, 0.15) is 20.8 Å². The van der Waals surface area contributed by atoms with E-state index < -0.39 is 5.91 Å². The molecule has 0 fully saturated rings. The molecule has 2 aromatic rings. The third-order valence-electron chi connectivity index (χ3n) is 2.30. The van der Waals surface area contributed by atoms with Crippen LogP contribution in [0.3, 0.4) is 0 Å². The summed E-state index contributed by atoms with van der Waals surface area (Å²) in [4.78, 5) is 12.1. The Morgan fingerprint density at radius 2 is 1.83 bits per heavy atom. The molecule has 0 aliphatic rings. The van der Waals surface area contributed by atoms with E-state index in [1.165, 1.54) is 16.9 Å². The Bertz CT molecular complexity index is 514. The number of anilines is 1. The van der Waals surface area contributed by atoms with Gasteiger partial charge in [-0.15, -0.1) is 11.3 Å². The third-order valence-corrected chi connectivity index (χ3v) is 3.26. The number of carbonyl (C=O) groups is 1. The van der Waals surface area contributed by atoms with Crippen molar-refractivity contribution >= 4 is 59.5 Å². The Morgan fingerprint density at radius 1 is 1.22 bits per heavy atom. The summed E-state index contributed by atoms with van der Waals surface area (Å²) < 4.78 is 0. The van der Waals surface area contributed by atoms with Crippen LogP contribution in [-0.2, 0) is 6.42 Å². The molecular weight excluding hydrogens is 474 g/mol. The Kier molecular flexibility index (Phi) is 6.94. The normalized spacial score (nSPS) is 9.44. The molecule has 0 saturated heterocycles. The minimum absolute atomic E-state index is 0.427. The molecule has 3 nitrogen and oxygen atoms in total. The molecule has 1 heterocycles. The van der Waals surface area contributed by atoms with Gasteiger partial charge in [-0.3, -0.25) is 4.79 Å². The number of benzene rings is 1. The number of hydrogen-bond acceptors (Lipinski definition) is 3. The van der Waals surface area contributed by atoms with E-state index in [-0.39, 0.29) is 0 Å². The molecule has 4 N–H and O–H groups in total. The number of primary amides is 1. The van der Waals surface area contributed by atoms with E-state index in [1.54, 1.807) is 6.07 Å². The molecule has 6 heteroatoms. The van der Waals surface area contributed by atoms with Crippen LogP contribution in [-0.4, -0.2) is 5.91 Å². The van der Waals surface area contributed by atoms with Gasteiger partial charge >= 0.3 is 0 Å². The van der Waals surface area contributed by atoms with E-state index in [4.69, 9.17) is 11.5 Å². The first kappa shape index (κ1) is 15.7. The second-order valence-corrected chi connectivity index (χ2v) is 4.69. The SMILES string of the molecule is II.NC(=O)c1cc(Cc2ccccc2)sc1N. The molecule has 1 aromatic heterocycles. The molecule has 0 saturated carbocycles. The van der Waals surface area contributed by atoms with Gasteiger partial charge < -0.3 is 11.5 Å². The third kappa shape index (κ3) is 4.39. The van der Waals surface area contributed by atoms with E-state index >= 15 is 0 Å². The summed E-state index contributed by atoms with van der Waals surface area (Å²) in [7, 11) is 0. The van der Waals surface area contributed by atoms with Crippen molar-refractivity contribution in [1.29, 1.82) is 0 Å². The molecule has 0 aliphatic heterocycles. The first-order chi connectivity index (χ1) is 8.66. The first-order valence-corrected chi connectivity index (χ1v) is 12.1. The van der Waals surface area contributed by atoms with Crippen molar-refractivity contribution in [1.82, 2.24) is 0 Å². The topological polar surface area (TPSA) is 69.1 Å². The summed E-state index contributed by atoms with van der Waals surface area (Å²) >= 11 is 5.65. The van der Waals surface area contributed by atoms with Crippen LogP contribution in [0.2, 0.25) is 0 Å². The molecule has 0 bridgehead atoms. The molecule has 0 aliphatic carbocycles. The fourth-order valence-electron chi connectivity index (χ4n) is 1.53. The number of halogens is 2. The van der Waals surface area contributed by atoms with E-state index in [9.17, 15) is 4.79 Å². The number of nitrogen functional groups attached to an aromatic ring is 1. The van der Waals surface area contributed by atoms with Gasteiger partial charge in [-0.1, -0.05) is 30.3 Å². The van der Waals surface area contributed by atoms with Gasteiger partial charge in [0.2, 0.25) is 0 Å². The highest BCUT2D eigenvalue weighted by atomic mass is 128. The standard InChI is InChI=1S/C12H12N2OS.I2/c13-11(15)10-7-9(16-12(10)14)6-8-4-2-1-3-5-8;1-2/h1-5,7H,6,14H2,(H2,13,15);. The van der Waals surface area contributed by atoms with Crippen LogP contribution in [0.15, 0.2) is 36.4 Å². The van der Waals surface area contributed by atoms with E-state index in [0.717, 1.165) is 11.3 Å². The molecule has 18 heavy (non-hydrogen) atoms. The highest BCUT2D eigenvalue weighted by molar-refractivity contribution is 15.0. The van der Waals surface area contributed by atoms with Crippen LogP contribution in [0, 0.1) is 0 Å². The van der Waals surface area contributed by atoms with Gasteiger partial charge in [0, 0.05) is 48.5 Å². The Labute approximate surface area is 133 Å². The fraction of sp³-hybridized carbons (Fsp3) is 0.0833. The van der Waals surface area contributed by atoms with Gasteiger partial charge in [-0.25, -0.2) is 0 Å². The van der Waals surface area contributed by atoms with Crippen molar-refractivity contribution in [2.24, 2.45) is 5.73 Å². The Balaban J connectivity index is 0.000000771. The van der Waals surface area contributed by atoms with Crippen LogP contribution in [0.4, 0.5) is 5.00 Å². The van der Waals surface area contributed by atoms with Crippen LogP contribution in [0.5, 0.6) is 0 Å². The minimum Gasteiger partial charge on any atom is -0.390 e. The molecule has 0 radical (unpaired) electrons. The van der Waals surface area contributed by atoms with Crippen LogP contribution in [0.25, 0.3) is 0 Å². The Hall–Kier alpha value is -0.350. The summed E-state index contributed by atoms with van der Waals surface area (Å²) in [5.74, 6) is -0.465. The molecule has 0 atom stereocenters. The molecule has 0 unspecified atom stereocenters. The lowest BCUT2D eigenvalue weighted by molar-refractivity contribution is 0.100. The highest BCUT2D eigenvalue weighted by Gasteiger charge is 2.10. The maximum absolute atomic E-state index is 11.0. The number of carbonyl (C=O) groups excluding carboxylic acids is 1. The predicted octanol–water partition coefficient (Wildman–Crippen LogP) is 3.79. The lowest BCUT2D eigenvalue weighted by atomic mass is 10.1. The summed E-state index contributed by atoms with van der Waals surface area (Å²) in [6.07, 6.45) is 0.781. The van der Waals surface area contributed by atoms with Gasteiger partial charge in [0.15, 0.2) is 0 Å². The van der Waals surface area contributed by atoms with Gasteiger partial charge in [-0.2, -0.15) is 0 Å². The second kappa shape index (κ2) is 7.95. The zero-order valence-corrected chi connectivity index (χ0v) is 14.5. The highest BCUT2D eigenvalue weighted by Crippen LogP contribution is 2.26. The fourth-order valence-corrected chi connectivity index (χ4v) is 2.50. The summed E-state index contributed by atoms with van der Waals surface area (Å²) in [5.41, 5.74) is 12.5. The van der Waals surface area contributed by atoms with Crippen LogP contribution >= 0.6 is 48.6 Å². The summed E-state index contributed by atoms with van der Waals surface area (Å²) in [5, 5.41) is 0.499. The van der Waals surface area contributed by atoms with Crippen molar-refractivity contribution in [3.63, 3.8) is 0 Å². The molecule has 0 spiro atoms. The molecule has 1 amide bonds. The van der Waals surface area contributed by atoms with Gasteiger partial charge in [0.05, 0.1) is 10.6 Å². The predicted molar refractivity (Wildman–Crippen MR) is 94.5 cm³/mol. The number of amides is 1. The number of rotatable bonds is 3. The van der Waals surface area contributed by atoms with E-state index in [0.29, 0.717) is 10.6 Å². The average Bonchev–Trinajstić information content (AvgIpc) is 2.74. The molecule has 2 rings (SSSR count). The molecule has 96 valence electrons. The van der Waals surface area contributed by atoms with Crippen molar-refractivity contribution in [2.45, 2.75) is 6.42 Å². The maximum atomic E-state index is 11.0. The average molecular weight is 486 g/mol. The molecule has 1 aromatic carbocycles. The van der Waals surface area contributed by atoms with Crippen molar-refractivity contribution in [2.75, 3.05) is 5.73 Å². The number of hydrogen-bond donors (Lipinski definition) is 2. The number of thiophene rings is 1. The van der Waals surface area contributed by atoms with Crippen molar-refractivity contribution < 1.29 is 4.79 Å². The number of nitrogens with two attached hydrogens (primary N) is 2. The zero-order chi connectivity index (χ0) is 13.5. The van der Waals surface area contributed by atoms with Gasteiger partial charge in [0.25, 0.3) is 5.91 Å². The maximum Gasteiger partial charge on any atom is 0.251 e. The van der Waals surface area contributed by atoms with Crippen molar-refractivity contribution in [3.05, 3.63) is 52.4 Å². The largest absolute Gasteiger partial charge is 0.390 e. The smallest absolute Gasteiger partial charge is 0.251 e. The summed E-state index contributed by atoms with van der Waals surface area (Å²) in [6.45, 7) is 0. The summed E-state index contributed by atoms with van der Waals surface area (Å²) in [6, 6.07) is 11.8. The van der Waals surface area contributed by atoms with Gasteiger partial charge in [-0.05, 0) is 11.6 Å². The van der Waals surface area contributed by atoms with Gasteiger partial charge in [0.1, 0.15) is 0 Å². The van der Waals surface area contributed by atoms with Crippen molar-refractivity contribution in [3.8, 4) is 0 Å². The quantitative estimate of drug-likeness (QED) is 0.649.